The van der Waals surface area contributed by atoms with Gasteiger partial charge in [-0.2, -0.15) is 0 Å². The highest BCUT2D eigenvalue weighted by Crippen LogP contribution is 2.10. The third kappa shape index (κ3) is 1.65. The Kier molecular flexibility index (Phi) is 2.18. The van der Waals surface area contributed by atoms with Crippen LogP contribution in [-0.4, -0.2) is 48.9 Å². The lowest BCUT2D eigenvalue weighted by Crippen LogP contribution is -2.55. The molecule has 2 N–H and O–H groups in total. The second kappa shape index (κ2) is 3.33. The first-order valence-corrected chi connectivity index (χ1v) is 4.56. The molecule has 0 saturated carbocycles. The minimum atomic E-state index is -0.240. The topological polar surface area (TPSA) is 61.4 Å². The molecule has 2 heterocycles. The van der Waals surface area contributed by atoms with Crippen LogP contribution in [0.25, 0.3) is 0 Å². The average Bonchev–Trinajstić information content (AvgIpc) is 2.28. The molecule has 1 atom stereocenters. The number of carbonyl (C=O) groups is 2. The Bertz CT molecular complexity index is 242. The number of nitrogens with zero attached hydrogens (tertiary/aromatic N) is 1. The molecule has 0 radical (unpaired) electrons. The molecule has 0 aromatic heterocycles. The number of hydrogen-bond donors (Lipinski definition) is 2. The smallest absolute Gasteiger partial charge is 0.237 e. The van der Waals surface area contributed by atoms with Gasteiger partial charge in [0.25, 0.3) is 0 Å². The van der Waals surface area contributed by atoms with Gasteiger partial charge < -0.3 is 10.6 Å². The van der Waals surface area contributed by atoms with Gasteiger partial charge in [-0.3, -0.25) is 14.5 Å². The van der Waals surface area contributed by atoms with Crippen molar-refractivity contribution in [1.82, 2.24) is 15.5 Å². The van der Waals surface area contributed by atoms with E-state index in [0.29, 0.717) is 19.5 Å². The molecule has 5 nitrogen and oxygen atoms in total. The molecule has 5 heteroatoms. The van der Waals surface area contributed by atoms with Crippen LogP contribution in [0.15, 0.2) is 0 Å². The molecule has 0 aromatic rings. The lowest BCUT2D eigenvalue weighted by atomic mass is 10.1. The third-order valence-electron chi connectivity index (χ3n) is 2.54. The molecule has 0 bridgehead atoms. The summed E-state index contributed by atoms with van der Waals surface area (Å²) in [5, 5.41) is 5.53. The lowest BCUT2D eigenvalue weighted by Gasteiger charge is -2.32. The second-order valence-electron chi connectivity index (χ2n) is 3.40. The van der Waals surface area contributed by atoms with Gasteiger partial charge in [-0.05, 0) is 0 Å². The van der Waals surface area contributed by atoms with Crippen LogP contribution in [0.4, 0.5) is 0 Å². The number of carbonyl (C=O) groups excluding carboxylic acids is 2. The summed E-state index contributed by atoms with van der Waals surface area (Å²) < 4.78 is 0. The van der Waals surface area contributed by atoms with Crippen molar-refractivity contribution < 1.29 is 9.59 Å². The van der Waals surface area contributed by atoms with E-state index >= 15 is 0 Å². The monoisotopic (exact) mass is 183 g/mol. The Hall–Kier alpha value is -1.10. The minimum absolute atomic E-state index is 0.0108. The van der Waals surface area contributed by atoms with Crippen molar-refractivity contribution in [3.63, 3.8) is 0 Å². The molecule has 2 aliphatic rings. The fourth-order valence-corrected chi connectivity index (χ4v) is 1.84. The highest BCUT2D eigenvalue weighted by atomic mass is 16.2. The van der Waals surface area contributed by atoms with E-state index in [1.54, 1.807) is 0 Å². The molecule has 2 rings (SSSR count). The van der Waals surface area contributed by atoms with E-state index in [1.165, 1.54) is 0 Å². The Morgan fingerprint density at radius 1 is 1.15 bits per heavy atom. The summed E-state index contributed by atoms with van der Waals surface area (Å²) in [6.45, 7) is 2.99. The van der Waals surface area contributed by atoms with Gasteiger partial charge in [-0.25, -0.2) is 0 Å². The summed E-state index contributed by atoms with van der Waals surface area (Å²) in [6.07, 6.45) is 0.297. The minimum Gasteiger partial charge on any atom is -0.355 e. The molecule has 2 saturated heterocycles. The van der Waals surface area contributed by atoms with E-state index in [-0.39, 0.29) is 17.9 Å². The zero-order valence-electron chi connectivity index (χ0n) is 7.38. The standard InChI is InChI=1S/C8H13N3O2/c12-7-5-6-8(13)10-2-4-11(6)3-1-9-7/h6H,1-5H2,(H,9,12)(H,10,13). The van der Waals surface area contributed by atoms with E-state index in [2.05, 4.69) is 15.5 Å². The van der Waals surface area contributed by atoms with Crippen molar-refractivity contribution >= 4 is 11.8 Å². The maximum atomic E-state index is 11.4. The molecular formula is C8H13N3O2. The first-order valence-electron chi connectivity index (χ1n) is 4.56. The Morgan fingerprint density at radius 3 is 2.62 bits per heavy atom. The number of hydrogen-bond acceptors (Lipinski definition) is 3. The summed E-state index contributed by atoms with van der Waals surface area (Å²) in [4.78, 5) is 24.6. The van der Waals surface area contributed by atoms with E-state index in [0.717, 1.165) is 13.1 Å². The molecule has 2 amide bonds. The SMILES string of the molecule is O=C1CC2C(=O)NCCN2CCN1. The van der Waals surface area contributed by atoms with Crippen molar-refractivity contribution in [1.29, 1.82) is 0 Å². The number of fused-ring (bicyclic) bond motifs is 1. The molecule has 0 aliphatic carbocycles. The zero-order chi connectivity index (χ0) is 9.26. The average molecular weight is 183 g/mol. The number of amides is 2. The fraction of sp³-hybridized carbons (Fsp3) is 0.750. The highest BCUT2D eigenvalue weighted by molar-refractivity contribution is 5.89. The number of rotatable bonds is 0. The second-order valence-corrected chi connectivity index (χ2v) is 3.40. The normalized spacial score (nSPS) is 30.0. The van der Waals surface area contributed by atoms with E-state index in [1.807, 2.05) is 0 Å². The first-order chi connectivity index (χ1) is 6.27. The third-order valence-corrected chi connectivity index (χ3v) is 2.54. The molecule has 72 valence electrons. The number of piperazine rings is 1. The molecule has 2 aliphatic heterocycles. The van der Waals surface area contributed by atoms with Crippen molar-refractivity contribution in [2.75, 3.05) is 26.2 Å². The maximum absolute atomic E-state index is 11.4. The van der Waals surface area contributed by atoms with Gasteiger partial charge in [0.05, 0.1) is 12.5 Å². The molecule has 2 fully saturated rings. The van der Waals surface area contributed by atoms with Gasteiger partial charge in [0, 0.05) is 26.2 Å². The lowest BCUT2D eigenvalue weighted by molar-refractivity contribution is -0.132. The van der Waals surface area contributed by atoms with Gasteiger partial charge in [-0.15, -0.1) is 0 Å². The van der Waals surface area contributed by atoms with Crippen LogP contribution < -0.4 is 10.6 Å². The molecule has 0 spiro atoms. The molecule has 1 unspecified atom stereocenters. The van der Waals surface area contributed by atoms with Crippen molar-refractivity contribution in [2.24, 2.45) is 0 Å². The maximum Gasteiger partial charge on any atom is 0.237 e. The number of nitrogens with one attached hydrogen (secondary N) is 2. The van der Waals surface area contributed by atoms with Crippen molar-refractivity contribution in [2.45, 2.75) is 12.5 Å². The van der Waals surface area contributed by atoms with Gasteiger partial charge in [0.2, 0.25) is 11.8 Å². The summed E-state index contributed by atoms with van der Waals surface area (Å²) in [5.41, 5.74) is 0. The fourth-order valence-electron chi connectivity index (χ4n) is 1.84. The van der Waals surface area contributed by atoms with Crippen LogP contribution in [0.5, 0.6) is 0 Å². The van der Waals surface area contributed by atoms with Crippen LogP contribution in [0, 0.1) is 0 Å². The Labute approximate surface area is 76.5 Å². The van der Waals surface area contributed by atoms with Gasteiger partial charge in [0.15, 0.2) is 0 Å². The summed E-state index contributed by atoms with van der Waals surface area (Å²) in [7, 11) is 0. The van der Waals surface area contributed by atoms with Crippen LogP contribution >= 0.6 is 0 Å². The first kappa shape index (κ1) is 8.50. The predicted octanol–water partition coefficient (Wildman–Crippen LogP) is -1.69. The quantitative estimate of drug-likeness (QED) is 0.471. The van der Waals surface area contributed by atoms with Crippen LogP contribution in [-0.2, 0) is 9.59 Å². The summed E-state index contributed by atoms with van der Waals surface area (Å²) in [5.74, 6) is -0.0344. The largest absolute Gasteiger partial charge is 0.355 e. The van der Waals surface area contributed by atoms with Crippen molar-refractivity contribution in [3.8, 4) is 0 Å². The van der Waals surface area contributed by atoms with Crippen LogP contribution in [0.3, 0.4) is 0 Å². The molecular weight excluding hydrogens is 170 g/mol. The van der Waals surface area contributed by atoms with E-state index in [4.69, 9.17) is 0 Å². The van der Waals surface area contributed by atoms with E-state index < -0.39 is 0 Å². The van der Waals surface area contributed by atoms with Gasteiger partial charge in [0.1, 0.15) is 0 Å². The highest BCUT2D eigenvalue weighted by Gasteiger charge is 2.32. The summed E-state index contributed by atoms with van der Waals surface area (Å²) >= 11 is 0. The van der Waals surface area contributed by atoms with Crippen molar-refractivity contribution in [3.05, 3.63) is 0 Å². The Morgan fingerprint density at radius 2 is 1.85 bits per heavy atom. The van der Waals surface area contributed by atoms with Gasteiger partial charge in [-0.1, -0.05) is 0 Å². The van der Waals surface area contributed by atoms with Crippen LogP contribution in [0.2, 0.25) is 0 Å². The van der Waals surface area contributed by atoms with Gasteiger partial charge >= 0.3 is 0 Å². The molecule has 13 heavy (non-hydrogen) atoms. The van der Waals surface area contributed by atoms with Crippen LogP contribution in [0.1, 0.15) is 6.42 Å². The van der Waals surface area contributed by atoms with E-state index in [9.17, 15) is 9.59 Å². The molecule has 0 aromatic carbocycles. The zero-order valence-corrected chi connectivity index (χ0v) is 7.38. The predicted molar refractivity (Wildman–Crippen MR) is 46.0 cm³/mol. The Balaban J connectivity index is 2.12. The summed E-state index contributed by atoms with van der Waals surface area (Å²) in [6, 6.07) is -0.240.